The number of piperidine rings is 1. The minimum Gasteiger partial charge on any atom is -0.480 e. The zero-order valence-electron chi connectivity index (χ0n) is 24.4. The van der Waals surface area contributed by atoms with E-state index in [9.17, 15) is 9.90 Å². The maximum absolute atomic E-state index is 12.4. The highest BCUT2D eigenvalue weighted by Crippen LogP contribution is 2.39. The van der Waals surface area contributed by atoms with Gasteiger partial charge in [0.1, 0.15) is 11.7 Å². The maximum Gasteiger partial charge on any atom is 0.321 e. The first-order valence-corrected chi connectivity index (χ1v) is 14.9. The van der Waals surface area contributed by atoms with Gasteiger partial charge in [-0.15, -0.1) is 0 Å². The van der Waals surface area contributed by atoms with Gasteiger partial charge in [-0.25, -0.2) is 4.98 Å². The maximum atomic E-state index is 12.4. The SMILES string of the molecule is CCCc1ccn2c(C3CCN(CC4CN(C(C(=O)O)C(C)(C)C)CC4c4cccc(C)c4)CC3)cnc2c1. The summed E-state index contributed by atoms with van der Waals surface area (Å²) >= 11 is 0. The molecular formula is C33H46N4O2. The molecule has 2 saturated heterocycles. The summed E-state index contributed by atoms with van der Waals surface area (Å²) in [5.74, 6) is 0.586. The van der Waals surface area contributed by atoms with Crippen LogP contribution in [0.15, 0.2) is 48.8 Å². The van der Waals surface area contributed by atoms with Gasteiger partial charge in [0.05, 0.1) is 0 Å². The molecule has 2 aliphatic rings. The molecule has 0 aliphatic carbocycles. The van der Waals surface area contributed by atoms with E-state index in [2.05, 4.69) is 97.6 Å². The average Bonchev–Trinajstić information content (AvgIpc) is 3.48. The number of hydrogen-bond acceptors (Lipinski definition) is 4. The van der Waals surface area contributed by atoms with Crippen LogP contribution in [0.25, 0.3) is 5.65 Å². The summed E-state index contributed by atoms with van der Waals surface area (Å²) in [6.07, 6.45) is 8.82. The van der Waals surface area contributed by atoms with E-state index in [4.69, 9.17) is 4.98 Å². The Morgan fingerprint density at radius 1 is 1.13 bits per heavy atom. The number of aryl methyl sites for hydroxylation is 2. The number of aromatic nitrogens is 2. The normalized spacial score (nSPS) is 22.5. The Balaban J connectivity index is 1.29. The Morgan fingerprint density at radius 3 is 2.56 bits per heavy atom. The van der Waals surface area contributed by atoms with Crippen LogP contribution in [0.3, 0.4) is 0 Å². The van der Waals surface area contributed by atoms with Gasteiger partial charge >= 0.3 is 5.97 Å². The lowest BCUT2D eigenvalue weighted by molar-refractivity contribution is -0.147. The highest BCUT2D eigenvalue weighted by Gasteiger charge is 2.44. The predicted octanol–water partition coefficient (Wildman–Crippen LogP) is 5.99. The minimum atomic E-state index is -0.707. The minimum absolute atomic E-state index is 0.318. The molecule has 0 radical (unpaired) electrons. The van der Waals surface area contributed by atoms with Crippen LogP contribution in [-0.2, 0) is 11.2 Å². The summed E-state index contributed by atoms with van der Waals surface area (Å²) in [5, 5.41) is 10.2. The van der Waals surface area contributed by atoms with Crippen LogP contribution < -0.4 is 0 Å². The first-order chi connectivity index (χ1) is 18.6. The average molecular weight is 531 g/mol. The molecule has 1 aromatic carbocycles. The van der Waals surface area contributed by atoms with E-state index in [0.717, 1.165) is 64.1 Å². The second-order valence-corrected chi connectivity index (χ2v) is 13.1. The number of hydrogen-bond donors (Lipinski definition) is 1. The Labute approximate surface area is 234 Å². The highest BCUT2D eigenvalue weighted by molar-refractivity contribution is 5.74. The third-order valence-electron chi connectivity index (χ3n) is 9.00. The molecule has 2 aliphatic heterocycles. The molecule has 0 amide bonds. The summed E-state index contributed by atoms with van der Waals surface area (Å²) in [4.78, 5) is 22.0. The zero-order chi connectivity index (χ0) is 27.7. The first kappa shape index (κ1) is 27.9. The number of aliphatic carboxylic acids is 1. The van der Waals surface area contributed by atoms with Gasteiger partial charge in [0.15, 0.2) is 0 Å². The molecule has 2 aromatic heterocycles. The molecular weight excluding hydrogens is 484 g/mol. The molecule has 210 valence electrons. The van der Waals surface area contributed by atoms with Gasteiger partial charge in [-0.2, -0.15) is 0 Å². The van der Waals surface area contributed by atoms with Crippen molar-refractivity contribution in [2.45, 2.75) is 78.2 Å². The molecule has 3 atom stereocenters. The van der Waals surface area contributed by atoms with Crippen molar-refractivity contribution in [3.8, 4) is 0 Å². The van der Waals surface area contributed by atoms with Crippen LogP contribution in [0.4, 0.5) is 0 Å². The number of pyridine rings is 1. The predicted molar refractivity (Wildman–Crippen MR) is 157 cm³/mol. The van der Waals surface area contributed by atoms with E-state index in [0.29, 0.717) is 17.8 Å². The number of benzene rings is 1. The fourth-order valence-electron chi connectivity index (χ4n) is 7.18. The number of carbonyl (C=O) groups is 1. The van der Waals surface area contributed by atoms with Gasteiger partial charge in [-0.05, 0) is 73.9 Å². The second kappa shape index (κ2) is 11.4. The van der Waals surface area contributed by atoms with Crippen molar-refractivity contribution >= 4 is 11.6 Å². The molecule has 1 N–H and O–H groups in total. The molecule has 3 aromatic rings. The molecule has 39 heavy (non-hydrogen) atoms. The van der Waals surface area contributed by atoms with Crippen molar-refractivity contribution in [1.29, 1.82) is 0 Å². The van der Waals surface area contributed by atoms with Crippen molar-refractivity contribution < 1.29 is 9.90 Å². The van der Waals surface area contributed by atoms with E-state index in [1.165, 1.54) is 22.4 Å². The quantitative estimate of drug-likeness (QED) is 0.388. The molecule has 6 nitrogen and oxygen atoms in total. The smallest absolute Gasteiger partial charge is 0.321 e. The number of imidazole rings is 1. The summed E-state index contributed by atoms with van der Waals surface area (Å²) in [6.45, 7) is 15.3. The van der Waals surface area contributed by atoms with Crippen LogP contribution in [-0.4, -0.2) is 69.0 Å². The van der Waals surface area contributed by atoms with Crippen molar-refractivity contribution in [3.63, 3.8) is 0 Å². The molecule has 4 heterocycles. The molecule has 3 unspecified atom stereocenters. The van der Waals surface area contributed by atoms with Gasteiger partial charge in [0, 0.05) is 49.6 Å². The number of nitrogens with zero attached hydrogens (tertiary/aromatic N) is 4. The zero-order valence-corrected chi connectivity index (χ0v) is 24.4. The molecule has 6 heteroatoms. The molecule has 0 spiro atoms. The van der Waals surface area contributed by atoms with Crippen LogP contribution >= 0.6 is 0 Å². The number of fused-ring (bicyclic) bond motifs is 1. The molecule has 0 bridgehead atoms. The van der Waals surface area contributed by atoms with Crippen molar-refractivity contribution in [2.75, 3.05) is 32.7 Å². The molecule has 0 saturated carbocycles. The van der Waals surface area contributed by atoms with Crippen molar-refractivity contribution in [3.05, 3.63) is 71.2 Å². The van der Waals surface area contributed by atoms with Gasteiger partial charge in [0.25, 0.3) is 0 Å². The van der Waals surface area contributed by atoms with Crippen LogP contribution in [0.1, 0.15) is 81.2 Å². The summed E-state index contributed by atoms with van der Waals surface area (Å²) in [7, 11) is 0. The van der Waals surface area contributed by atoms with E-state index in [-0.39, 0.29) is 5.41 Å². The highest BCUT2D eigenvalue weighted by atomic mass is 16.4. The van der Waals surface area contributed by atoms with E-state index in [1.807, 2.05) is 0 Å². The van der Waals surface area contributed by atoms with Crippen LogP contribution in [0.5, 0.6) is 0 Å². The Morgan fingerprint density at radius 2 is 1.90 bits per heavy atom. The Hall–Kier alpha value is -2.70. The monoisotopic (exact) mass is 530 g/mol. The fraction of sp³-hybridized carbons (Fsp3) is 0.576. The summed E-state index contributed by atoms with van der Waals surface area (Å²) < 4.78 is 2.29. The number of rotatable bonds is 8. The van der Waals surface area contributed by atoms with Crippen LogP contribution in [0, 0.1) is 18.3 Å². The third kappa shape index (κ3) is 6.07. The lowest BCUT2D eigenvalue weighted by Crippen LogP contribution is -2.48. The third-order valence-corrected chi connectivity index (χ3v) is 9.00. The Bertz CT molecular complexity index is 1280. The van der Waals surface area contributed by atoms with Crippen molar-refractivity contribution in [2.24, 2.45) is 11.3 Å². The van der Waals surface area contributed by atoms with Gasteiger partial charge in [-0.3, -0.25) is 9.69 Å². The first-order valence-electron chi connectivity index (χ1n) is 14.9. The second-order valence-electron chi connectivity index (χ2n) is 13.1. The van der Waals surface area contributed by atoms with Crippen molar-refractivity contribution in [1.82, 2.24) is 19.2 Å². The summed E-state index contributed by atoms with van der Waals surface area (Å²) in [6, 6.07) is 12.8. The fourth-order valence-corrected chi connectivity index (χ4v) is 7.18. The number of carboxylic acids is 1. The van der Waals surface area contributed by atoms with E-state index < -0.39 is 12.0 Å². The lowest BCUT2D eigenvalue weighted by Gasteiger charge is -2.36. The van der Waals surface area contributed by atoms with Gasteiger partial charge in [-0.1, -0.05) is 63.9 Å². The summed E-state index contributed by atoms with van der Waals surface area (Å²) in [5.41, 5.74) is 6.07. The van der Waals surface area contributed by atoms with E-state index in [1.54, 1.807) is 0 Å². The lowest BCUT2D eigenvalue weighted by atomic mass is 9.85. The van der Waals surface area contributed by atoms with Gasteiger partial charge in [0.2, 0.25) is 0 Å². The topological polar surface area (TPSA) is 61.1 Å². The Kier molecular flexibility index (Phi) is 8.16. The standard InChI is InChI=1S/C33H46N4O2/c1-6-8-24-11-16-37-29(19-34-30(37)18-24)25-12-14-35(15-13-25)20-27-21-36(31(32(38)39)33(3,4)5)22-28(27)26-10-7-9-23(2)17-26/h7,9-11,16-19,25,27-28,31H,6,8,12-15,20-22H2,1-5H3,(H,38,39). The number of carboxylic acid groups (broad SMARTS) is 1. The largest absolute Gasteiger partial charge is 0.480 e. The molecule has 2 fully saturated rings. The number of likely N-dealkylation sites (tertiary alicyclic amines) is 2. The van der Waals surface area contributed by atoms with Crippen LogP contribution in [0.2, 0.25) is 0 Å². The van der Waals surface area contributed by atoms with Gasteiger partial charge < -0.3 is 14.4 Å². The van der Waals surface area contributed by atoms with E-state index >= 15 is 0 Å². The molecule has 5 rings (SSSR count).